The molecule has 5 rings (SSSR count). The van der Waals surface area contributed by atoms with Crippen LogP contribution in [0.3, 0.4) is 0 Å². The number of hydrogen-bond acceptors (Lipinski definition) is 5. The van der Waals surface area contributed by atoms with Crippen LogP contribution < -0.4 is 10.9 Å². The van der Waals surface area contributed by atoms with Crippen LogP contribution in [0.2, 0.25) is 0 Å². The zero-order chi connectivity index (χ0) is 20.7. The smallest absolute Gasteiger partial charge is 0.258 e. The highest BCUT2D eigenvalue weighted by Crippen LogP contribution is 2.20. The van der Waals surface area contributed by atoms with Crippen molar-refractivity contribution in [3.05, 3.63) is 76.5 Å². The molecular weight excluding hydrogens is 389 g/mol. The van der Waals surface area contributed by atoms with Crippen LogP contribution >= 0.6 is 0 Å². The highest BCUT2D eigenvalue weighted by Gasteiger charge is 2.21. The molecular formula is C21H16FN5O3. The first-order valence-electron chi connectivity index (χ1n) is 9.31. The molecule has 3 heterocycles. The number of fused-ring (bicyclic) bond motifs is 1. The van der Waals surface area contributed by atoms with Gasteiger partial charge in [-0.1, -0.05) is 5.21 Å². The Morgan fingerprint density at radius 2 is 1.97 bits per heavy atom. The Labute approximate surface area is 169 Å². The Kier molecular flexibility index (Phi) is 4.36. The van der Waals surface area contributed by atoms with Gasteiger partial charge in [0, 0.05) is 16.5 Å². The average molecular weight is 405 g/mol. The van der Waals surface area contributed by atoms with Gasteiger partial charge in [-0.15, -0.1) is 5.10 Å². The number of halogens is 1. The number of aromatic amines is 1. The molecule has 0 unspecified atom stereocenters. The maximum absolute atomic E-state index is 13.5. The third kappa shape index (κ3) is 3.35. The van der Waals surface area contributed by atoms with Crippen LogP contribution in [0.1, 0.15) is 10.4 Å². The van der Waals surface area contributed by atoms with Gasteiger partial charge < -0.3 is 15.0 Å². The lowest BCUT2D eigenvalue weighted by atomic mass is 10.1. The van der Waals surface area contributed by atoms with E-state index in [9.17, 15) is 14.0 Å². The highest BCUT2D eigenvalue weighted by atomic mass is 19.1. The van der Waals surface area contributed by atoms with Gasteiger partial charge >= 0.3 is 0 Å². The number of nitrogens with zero attached hydrogens (tertiary/aromatic N) is 3. The van der Waals surface area contributed by atoms with Crippen molar-refractivity contribution in [2.45, 2.75) is 6.04 Å². The molecule has 0 saturated carbocycles. The molecule has 1 aliphatic heterocycles. The average Bonchev–Trinajstić information content (AvgIpc) is 3.20. The Hall–Kier alpha value is -3.85. The minimum Gasteiger partial charge on any atom is -0.377 e. The van der Waals surface area contributed by atoms with Gasteiger partial charge in [0.15, 0.2) is 0 Å². The number of carbonyl (C=O) groups is 1. The SMILES string of the molecule is O=C(NC1COC1)c1ccc(-n2cc(-c3cc4cc(F)ccc4[nH]c3=O)nn2)cc1. The molecule has 4 aromatic rings. The minimum atomic E-state index is -0.391. The molecule has 2 N–H and O–H groups in total. The number of ether oxygens (including phenoxy) is 1. The van der Waals surface area contributed by atoms with Crippen molar-refractivity contribution in [3.63, 3.8) is 0 Å². The number of benzene rings is 2. The van der Waals surface area contributed by atoms with E-state index in [-0.39, 0.29) is 23.1 Å². The fourth-order valence-corrected chi connectivity index (χ4v) is 3.23. The molecule has 2 aromatic heterocycles. The number of nitrogens with one attached hydrogen (secondary N) is 2. The molecule has 0 bridgehead atoms. The summed E-state index contributed by atoms with van der Waals surface area (Å²) < 4.78 is 20.1. The summed E-state index contributed by atoms with van der Waals surface area (Å²) in [5.74, 6) is -0.554. The number of pyridine rings is 1. The molecule has 0 radical (unpaired) electrons. The summed E-state index contributed by atoms with van der Waals surface area (Å²) in [5.41, 5.74) is 2.06. The van der Waals surface area contributed by atoms with E-state index in [0.717, 1.165) is 0 Å². The normalized spacial score (nSPS) is 13.9. The molecule has 0 spiro atoms. The lowest BCUT2D eigenvalue weighted by Gasteiger charge is -2.26. The number of aromatic nitrogens is 4. The molecule has 0 atom stereocenters. The quantitative estimate of drug-likeness (QED) is 0.541. The number of rotatable bonds is 4. The summed E-state index contributed by atoms with van der Waals surface area (Å²) in [7, 11) is 0. The molecule has 1 fully saturated rings. The van der Waals surface area contributed by atoms with E-state index in [4.69, 9.17) is 4.74 Å². The summed E-state index contributed by atoms with van der Waals surface area (Å²) in [6, 6.07) is 12.7. The first-order valence-corrected chi connectivity index (χ1v) is 9.31. The summed E-state index contributed by atoms with van der Waals surface area (Å²) in [5, 5.41) is 11.6. The van der Waals surface area contributed by atoms with Crippen LogP contribution in [0.25, 0.3) is 27.8 Å². The van der Waals surface area contributed by atoms with E-state index in [1.807, 2.05) is 0 Å². The van der Waals surface area contributed by atoms with Crippen LogP contribution in [0.4, 0.5) is 4.39 Å². The predicted molar refractivity (Wildman–Crippen MR) is 107 cm³/mol. The Bertz CT molecular complexity index is 1310. The van der Waals surface area contributed by atoms with Crippen LogP contribution in [-0.4, -0.2) is 45.1 Å². The van der Waals surface area contributed by atoms with Gasteiger partial charge in [-0.3, -0.25) is 9.59 Å². The summed E-state index contributed by atoms with van der Waals surface area (Å²) in [6.45, 7) is 1.07. The second-order valence-electron chi connectivity index (χ2n) is 7.05. The molecule has 9 heteroatoms. The lowest BCUT2D eigenvalue weighted by Crippen LogP contribution is -2.48. The van der Waals surface area contributed by atoms with Crippen LogP contribution in [-0.2, 0) is 4.74 Å². The second-order valence-corrected chi connectivity index (χ2v) is 7.05. The molecule has 0 aliphatic carbocycles. The lowest BCUT2D eigenvalue weighted by molar-refractivity contribution is -0.00346. The van der Waals surface area contributed by atoms with Gasteiger partial charge in [-0.2, -0.15) is 0 Å². The van der Waals surface area contributed by atoms with Gasteiger partial charge in [0.05, 0.1) is 36.7 Å². The van der Waals surface area contributed by atoms with Crippen molar-refractivity contribution in [1.29, 1.82) is 0 Å². The van der Waals surface area contributed by atoms with Crippen molar-refractivity contribution in [3.8, 4) is 16.9 Å². The summed E-state index contributed by atoms with van der Waals surface area (Å²) in [4.78, 5) is 27.3. The van der Waals surface area contributed by atoms with E-state index in [0.29, 0.717) is 41.1 Å². The van der Waals surface area contributed by atoms with Crippen molar-refractivity contribution in [2.24, 2.45) is 0 Å². The minimum absolute atomic E-state index is 0.0589. The first-order chi connectivity index (χ1) is 14.6. The van der Waals surface area contributed by atoms with Gasteiger partial charge in [0.2, 0.25) is 0 Å². The molecule has 150 valence electrons. The third-order valence-electron chi connectivity index (χ3n) is 4.94. The van der Waals surface area contributed by atoms with Crippen LogP contribution in [0.15, 0.2) is 59.5 Å². The predicted octanol–water partition coefficient (Wildman–Crippen LogP) is 2.04. The fourth-order valence-electron chi connectivity index (χ4n) is 3.23. The van der Waals surface area contributed by atoms with Crippen LogP contribution in [0, 0.1) is 5.82 Å². The fraction of sp³-hybridized carbons (Fsp3) is 0.143. The topological polar surface area (TPSA) is 102 Å². The Balaban J connectivity index is 1.41. The molecule has 8 nitrogen and oxygen atoms in total. The van der Waals surface area contributed by atoms with Crippen molar-refractivity contribution >= 4 is 16.8 Å². The summed E-state index contributed by atoms with van der Waals surface area (Å²) in [6.07, 6.45) is 1.61. The van der Waals surface area contributed by atoms with E-state index in [1.54, 1.807) is 36.5 Å². The zero-order valence-corrected chi connectivity index (χ0v) is 15.6. The Morgan fingerprint density at radius 1 is 1.17 bits per heavy atom. The van der Waals surface area contributed by atoms with E-state index in [1.165, 1.54) is 22.9 Å². The molecule has 1 amide bonds. The standard InChI is InChI=1S/C21H16FN5O3/c22-14-3-6-18-13(7-14)8-17(21(29)24-18)19-9-27(26-25-19)16-4-1-12(2-5-16)20(28)23-15-10-30-11-15/h1-9,15H,10-11H2,(H,23,28)(H,24,29). The van der Waals surface area contributed by atoms with Crippen molar-refractivity contribution in [2.75, 3.05) is 13.2 Å². The highest BCUT2D eigenvalue weighted by molar-refractivity contribution is 5.94. The first kappa shape index (κ1) is 18.2. The van der Waals surface area contributed by atoms with Gasteiger partial charge in [0.1, 0.15) is 11.5 Å². The monoisotopic (exact) mass is 405 g/mol. The molecule has 1 saturated heterocycles. The van der Waals surface area contributed by atoms with Crippen molar-refractivity contribution in [1.82, 2.24) is 25.3 Å². The second kappa shape index (κ2) is 7.20. The molecule has 30 heavy (non-hydrogen) atoms. The Morgan fingerprint density at radius 3 is 2.70 bits per heavy atom. The van der Waals surface area contributed by atoms with E-state index < -0.39 is 5.82 Å². The van der Waals surface area contributed by atoms with Crippen LogP contribution in [0.5, 0.6) is 0 Å². The molecule has 2 aromatic carbocycles. The number of carbonyl (C=O) groups excluding carboxylic acids is 1. The van der Waals surface area contributed by atoms with E-state index >= 15 is 0 Å². The third-order valence-corrected chi connectivity index (χ3v) is 4.94. The maximum Gasteiger partial charge on any atom is 0.258 e. The number of H-pyrrole nitrogens is 1. The van der Waals surface area contributed by atoms with Crippen molar-refractivity contribution < 1.29 is 13.9 Å². The largest absolute Gasteiger partial charge is 0.377 e. The zero-order valence-electron chi connectivity index (χ0n) is 15.6. The summed E-state index contributed by atoms with van der Waals surface area (Å²) >= 11 is 0. The number of hydrogen-bond donors (Lipinski definition) is 2. The van der Waals surface area contributed by atoms with Gasteiger partial charge in [-0.05, 0) is 48.5 Å². The van der Waals surface area contributed by atoms with Gasteiger partial charge in [-0.25, -0.2) is 9.07 Å². The number of amides is 1. The molecule has 1 aliphatic rings. The van der Waals surface area contributed by atoms with E-state index in [2.05, 4.69) is 20.6 Å². The maximum atomic E-state index is 13.5. The van der Waals surface area contributed by atoms with Gasteiger partial charge in [0.25, 0.3) is 11.5 Å².